The van der Waals surface area contributed by atoms with Gasteiger partial charge in [-0.15, -0.1) is 10.2 Å². The van der Waals surface area contributed by atoms with Gasteiger partial charge in [-0.3, -0.25) is 0 Å². The van der Waals surface area contributed by atoms with Gasteiger partial charge in [-0.05, 0) is 54.8 Å². The lowest BCUT2D eigenvalue weighted by Gasteiger charge is -2.34. The molecule has 4 rings (SSSR count). The number of rotatable bonds is 4. The van der Waals surface area contributed by atoms with E-state index in [1.165, 1.54) is 18.4 Å². The average molecular weight is 419 g/mol. The standard InChI is InChI=1S/C20H19ClN2O4S/c1-28(24,25)17-8-2-14(3-9-17)18-22-23-19(27-18)20(10-12-26-13-11-20)15-4-6-16(21)7-5-15/h2-9H,10-13H2,1H3. The van der Waals surface area contributed by atoms with Crippen molar-refractivity contribution >= 4 is 21.4 Å². The molecule has 1 aromatic heterocycles. The second kappa shape index (κ2) is 7.31. The number of hydrogen-bond acceptors (Lipinski definition) is 6. The van der Waals surface area contributed by atoms with Crippen LogP contribution in [-0.2, 0) is 20.0 Å². The highest BCUT2D eigenvalue weighted by atomic mass is 35.5. The number of benzene rings is 2. The minimum atomic E-state index is -3.25. The summed E-state index contributed by atoms with van der Waals surface area (Å²) in [5.41, 5.74) is 1.30. The summed E-state index contributed by atoms with van der Waals surface area (Å²) in [5, 5.41) is 9.21. The third-order valence-corrected chi connectivity index (χ3v) is 6.49. The summed E-state index contributed by atoms with van der Waals surface area (Å²) in [5.74, 6) is 0.884. The maximum atomic E-state index is 11.6. The molecule has 0 aliphatic carbocycles. The summed E-state index contributed by atoms with van der Waals surface area (Å²) in [7, 11) is -3.25. The molecular weight excluding hydrogens is 400 g/mol. The summed E-state index contributed by atoms with van der Waals surface area (Å²) in [4.78, 5) is 0.248. The zero-order chi connectivity index (χ0) is 19.8. The monoisotopic (exact) mass is 418 g/mol. The quantitative estimate of drug-likeness (QED) is 0.639. The smallest absolute Gasteiger partial charge is 0.247 e. The number of hydrogen-bond donors (Lipinski definition) is 0. The Balaban J connectivity index is 1.72. The molecule has 1 aliphatic heterocycles. The van der Waals surface area contributed by atoms with Crippen LogP contribution in [0.1, 0.15) is 24.3 Å². The van der Waals surface area contributed by atoms with E-state index in [4.69, 9.17) is 20.8 Å². The Bertz CT molecular complexity index is 1070. The van der Waals surface area contributed by atoms with Crippen LogP contribution in [0, 0.1) is 0 Å². The van der Waals surface area contributed by atoms with Crippen molar-refractivity contribution in [2.24, 2.45) is 0 Å². The van der Waals surface area contributed by atoms with Gasteiger partial charge in [-0.2, -0.15) is 0 Å². The van der Waals surface area contributed by atoms with Gasteiger partial charge in [0.1, 0.15) is 0 Å². The fourth-order valence-corrected chi connectivity index (χ4v) is 4.25. The van der Waals surface area contributed by atoms with Crippen molar-refractivity contribution in [3.8, 4) is 11.5 Å². The highest BCUT2D eigenvalue weighted by molar-refractivity contribution is 7.90. The van der Waals surface area contributed by atoms with Gasteiger partial charge in [0.25, 0.3) is 0 Å². The van der Waals surface area contributed by atoms with Crippen LogP contribution in [0.5, 0.6) is 0 Å². The number of sulfone groups is 1. The van der Waals surface area contributed by atoms with Crippen LogP contribution >= 0.6 is 11.6 Å². The molecule has 6 nitrogen and oxygen atoms in total. The van der Waals surface area contributed by atoms with Crippen molar-refractivity contribution in [2.45, 2.75) is 23.2 Å². The number of halogens is 1. The average Bonchev–Trinajstić information content (AvgIpc) is 3.19. The van der Waals surface area contributed by atoms with Crippen molar-refractivity contribution < 1.29 is 17.6 Å². The predicted molar refractivity (Wildman–Crippen MR) is 105 cm³/mol. The molecule has 0 atom stereocenters. The van der Waals surface area contributed by atoms with Crippen molar-refractivity contribution in [1.29, 1.82) is 0 Å². The van der Waals surface area contributed by atoms with Gasteiger partial charge >= 0.3 is 0 Å². The van der Waals surface area contributed by atoms with Crippen LogP contribution in [0.3, 0.4) is 0 Å². The van der Waals surface area contributed by atoms with E-state index in [0.717, 1.165) is 18.4 Å². The lowest BCUT2D eigenvalue weighted by Crippen LogP contribution is -2.35. The molecule has 0 radical (unpaired) electrons. The Morgan fingerprint density at radius 3 is 2.21 bits per heavy atom. The van der Waals surface area contributed by atoms with Crippen molar-refractivity contribution in [1.82, 2.24) is 10.2 Å². The maximum absolute atomic E-state index is 11.6. The minimum absolute atomic E-state index is 0.248. The maximum Gasteiger partial charge on any atom is 0.247 e. The van der Waals surface area contributed by atoms with E-state index in [0.29, 0.717) is 35.6 Å². The van der Waals surface area contributed by atoms with Gasteiger partial charge in [-0.1, -0.05) is 23.7 Å². The molecule has 1 saturated heterocycles. The molecule has 2 aromatic carbocycles. The van der Waals surface area contributed by atoms with Crippen molar-refractivity contribution in [2.75, 3.05) is 19.5 Å². The number of aromatic nitrogens is 2. The molecule has 1 aliphatic rings. The molecule has 0 N–H and O–H groups in total. The van der Waals surface area contributed by atoms with Crippen LogP contribution < -0.4 is 0 Å². The highest BCUT2D eigenvalue weighted by Gasteiger charge is 2.41. The summed E-state index contributed by atoms with van der Waals surface area (Å²) in [6, 6.07) is 14.1. The first-order valence-corrected chi connectivity index (χ1v) is 11.1. The van der Waals surface area contributed by atoms with Crippen LogP contribution in [0.4, 0.5) is 0 Å². The van der Waals surface area contributed by atoms with E-state index in [-0.39, 0.29) is 4.90 Å². The number of nitrogens with zero attached hydrogens (tertiary/aromatic N) is 2. The molecule has 0 amide bonds. The lowest BCUT2D eigenvalue weighted by molar-refractivity contribution is 0.0546. The normalized spacial score (nSPS) is 16.8. The molecule has 3 aromatic rings. The Hall–Kier alpha value is -2.22. The fraction of sp³-hybridized carbons (Fsp3) is 0.300. The molecule has 8 heteroatoms. The van der Waals surface area contributed by atoms with Gasteiger partial charge in [0, 0.05) is 30.1 Å². The van der Waals surface area contributed by atoms with E-state index in [1.54, 1.807) is 12.1 Å². The molecule has 0 spiro atoms. The molecule has 1 fully saturated rings. The topological polar surface area (TPSA) is 82.3 Å². The van der Waals surface area contributed by atoms with Gasteiger partial charge in [0.2, 0.25) is 11.8 Å². The van der Waals surface area contributed by atoms with Gasteiger partial charge < -0.3 is 9.15 Å². The molecule has 0 bridgehead atoms. The summed E-state index contributed by atoms with van der Waals surface area (Å²) in [6.07, 6.45) is 2.63. The first-order valence-electron chi connectivity index (χ1n) is 8.87. The van der Waals surface area contributed by atoms with Crippen LogP contribution in [0.25, 0.3) is 11.5 Å². The zero-order valence-electron chi connectivity index (χ0n) is 15.3. The van der Waals surface area contributed by atoms with Crippen LogP contribution in [0.15, 0.2) is 57.8 Å². The predicted octanol–water partition coefficient (Wildman–Crippen LogP) is 3.89. The first-order chi connectivity index (χ1) is 13.4. The summed E-state index contributed by atoms with van der Waals surface area (Å²) in [6.45, 7) is 1.20. The molecular formula is C20H19ClN2O4S. The van der Waals surface area contributed by atoms with E-state index in [2.05, 4.69) is 10.2 Å². The van der Waals surface area contributed by atoms with E-state index in [9.17, 15) is 8.42 Å². The van der Waals surface area contributed by atoms with Crippen molar-refractivity contribution in [3.05, 3.63) is 65.0 Å². The Kier molecular flexibility index (Phi) is 4.99. The second-order valence-electron chi connectivity index (χ2n) is 6.91. The van der Waals surface area contributed by atoms with E-state index >= 15 is 0 Å². The van der Waals surface area contributed by atoms with E-state index < -0.39 is 15.3 Å². The summed E-state index contributed by atoms with van der Waals surface area (Å²) < 4.78 is 34.9. The largest absolute Gasteiger partial charge is 0.420 e. The van der Waals surface area contributed by atoms with Gasteiger partial charge in [0.15, 0.2) is 9.84 Å². The van der Waals surface area contributed by atoms with Crippen molar-refractivity contribution in [3.63, 3.8) is 0 Å². The Labute approximate surface area is 168 Å². The minimum Gasteiger partial charge on any atom is -0.420 e. The van der Waals surface area contributed by atoms with E-state index in [1.807, 2.05) is 24.3 Å². The molecule has 146 valence electrons. The van der Waals surface area contributed by atoms with Crippen LogP contribution in [0.2, 0.25) is 5.02 Å². The Morgan fingerprint density at radius 1 is 0.964 bits per heavy atom. The second-order valence-corrected chi connectivity index (χ2v) is 9.36. The fourth-order valence-electron chi connectivity index (χ4n) is 3.49. The van der Waals surface area contributed by atoms with Crippen LogP contribution in [-0.4, -0.2) is 38.1 Å². The molecule has 28 heavy (non-hydrogen) atoms. The Morgan fingerprint density at radius 2 is 1.61 bits per heavy atom. The zero-order valence-corrected chi connectivity index (χ0v) is 16.8. The SMILES string of the molecule is CS(=O)(=O)c1ccc(-c2nnc(C3(c4ccc(Cl)cc4)CCOCC3)o2)cc1. The molecule has 0 unspecified atom stereocenters. The number of ether oxygens (including phenoxy) is 1. The lowest BCUT2D eigenvalue weighted by atomic mass is 9.74. The van der Waals surface area contributed by atoms with Gasteiger partial charge in [-0.25, -0.2) is 8.42 Å². The first kappa shape index (κ1) is 19.1. The highest BCUT2D eigenvalue weighted by Crippen LogP contribution is 2.41. The summed E-state index contributed by atoms with van der Waals surface area (Å²) >= 11 is 6.05. The third kappa shape index (κ3) is 3.57. The third-order valence-electron chi connectivity index (χ3n) is 5.11. The molecule has 0 saturated carbocycles. The molecule has 2 heterocycles. The van der Waals surface area contributed by atoms with Gasteiger partial charge in [0.05, 0.1) is 10.3 Å².